The molecule has 2 atom stereocenters. The molecule has 1 aromatic carbocycles. The van der Waals surface area contributed by atoms with Gasteiger partial charge in [-0.25, -0.2) is 9.67 Å². The van der Waals surface area contributed by atoms with E-state index in [0.717, 1.165) is 17.0 Å². The number of hydrogen-bond acceptors (Lipinski definition) is 3. The molecule has 0 spiro atoms. The van der Waals surface area contributed by atoms with E-state index >= 15 is 0 Å². The first-order valence-corrected chi connectivity index (χ1v) is 14.8. The van der Waals surface area contributed by atoms with Crippen molar-refractivity contribution in [2.75, 3.05) is 0 Å². The number of hydrogen-bond donors (Lipinski definition) is 0. The second-order valence-corrected chi connectivity index (χ2v) is 12.2. The highest BCUT2D eigenvalue weighted by Crippen LogP contribution is 2.38. The van der Waals surface area contributed by atoms with Crippen LogP contribution in [0.3, 0.4) is 0 Å². The molecular weight excluding hydrogens is 466 g/mol. The van der Waals surface area contributed by atoms with Gasteiger partial charge in [0.25, 0.3) is 0 Å². The van der Waals surface area contributed by atoms with Gasteiger partial charge in [-0.1, -0.05) is 122 Å². The van der Waals surface area contributed by atoms with E-state index in [1.165, 1.54) is 77.0 Å². The number of benzene rings is 1. The van der Waals surface area contributed by atoms with E-state index < -0.39 is 0 Å². The molecule has 0 amide bonds. The smallest absolute Gasteiger partial charge is 0.137 e. The van der Waals surface area contributed by atoms with Crippen molar-refractivity contribution in [3.05, 3.63) is 47.5 Å². The molecule has 0 saturated carbocycles. The van der Waals surface area contributed by atoms with E-state index in [4.69, 9.17) is 11.6 Å². The second-order valence-electron chi connectivity index (χ2n) is 11.8. The number of ketones is 1. The van der Waals surface area contributed by atoms with Crippen molar-refractivity contribution in [3.8, 4) is 0 Å². The van der Waals surface area contributed by atoms with Crippen LogP contribution in [0.2, 0.25) is 5.02 Å². The summed E-state index contributed by atoms with van der Waals surface area (Å²) < 4.78 is 2.06. The molecule has 202 valence electrons. The van der Waals surface area contributed by atoms with Gasteiger partial charge in [0.1, 0.15) is 18.4 Å². The Balaban J connectivity index is 1.39. The minimum Gasteiger partial charge on any atom is -0.299 e. The predicted octanol–water partition coefficient (Wildman–Crippen LogP) is 9.43. The molecule has 0 aliphatic carbocycles. The highest BCUT2D eigenvalue weighted by Gasteiger charge is 2.31. The van der Waals surface area contributed by atoms with Crippen LogP contribution in [-0.2, 0) is 11.2 Å². The number of carbonyl (C=O) groups excluding carboxylic acids is 1. The maximum Gasteiger partial charge on any atom is 0.137 e. The minimum absolute atomic E-state index is 0.183. The fourth-order valence-corrected chi connectivity index (χ4v) is 5.63. The van der Waals surface area contributed by atoms with E-state index in [1.54, 1.807) is 6.33 Å². The van der Waals surface area contributed by atoms with Gasteiger partial charge in [-0.15, -0.1) is 0 Å². The maximum atomic E-state index is 12.1. The van der Waals surface area contributed by atoms with Crippen molar-refractivity contribution < 1.29 is 4.79 Å². The van der Waals surface area contributed by atoms with Crippen LogP contribution in [0.5, 0.6) is 0 Å². The topological polar surface area (TPSA) is 47.8 Å². The quantitative estimate of drug-likeness (QED) is 0.175. The normalized spacial score (nSPS) is 13.6. The molecule has 0 fully saturated rings. The highest BCUT2D eigenvalue weighted by atomic mass is 35.5. The Morgan fingerprint density at radius 3 is 1.89 bits per heavy atom. The Kier molecular flexibility index (Phi) is 14.4. The lowest BCUT2D eigenvalue weighted by molar-refractivity contribution is -0.118. The van der Waals surface area contributed by atoms with Gasteiger partial charge >= 0.3 is 0 Å². The molecule has 1 heterocycles. The number of Topliss-reactive ketones (excluding diaryl/α,β-unsaturated/α-hetero) is 1. The summed E-state index contributed by atoms with van der Waals surface area (Å²) in [5.74, 6) is 0.948. The summed E-state index contributed by atoms with van der Waals surface area (Å²) in [4.78, 5) is 16.3. The SMILES string of the molecule is CC(CCCCCCCCCCCCCCC(=O)Cc1ccc(Cl)cc1)C(n1cncn1)C(C)(C)C. The third-order valence-electron chi connectivity index (χ3n) is 7.33. The average molecular weight is 516 g/mol. The fraction of sp³-hybridized carbons (Fsp3) is 0.710. The molecule has 36 heavy (non-hydrogen) atoms. The number of nitrogens with zero attached hydrogens (tertiary/aromatic N) is 3. The van der Waals surface area contributed by atoms with Crippen molar-refractivity contribution >= 4 is 17.4 Å². The van der Waals surface area contributed by atoms with Crippen molar-refractivity contribution in [2.45, 2.75) is 130 Å². The van der Waals surface area contributed by atoms with Crippen molar-refractivity contribution in [3.63, 3.8) is 0 Å². The van der Waals surface area contributed by atoms with Gasteiger partial charge in [0.2, 0.25) is 0 Å². The largest absolute Gasteiger partial charge is 0.299 e. The first kappa shape index (κ1) is 30.5. The Hall–Kier alpha value is -1.68. The molecule has 0 N–H and O–H groups in total. The highest BCUT2D eigenvalue weighted by molar-refractivity contribution is 6.30. The van der Waals surface area contributed by atoms with Crippen LogP contribution in [0, 0.1) is 11.3 Å². The summed E-state index contributed by atoms with van der Waals surface area (Å²) in [5, 5.41) is 5.15. The molecular formula is C31H50ClN3O. The van der Waals surface area contributed by atoms with Gasteiger partial charge in [0, 0.05) is 17.9 Å². The number of unbranched alkanes of at least 4 members (excludes halogenated alkanes) is 11. The van der Waals surface area contributed by atoms with Crippen LogP contribution >= 0.6 is 11.6 Å². The van der Waals surface area contributed by atoms with Crippen molar-refractivity contribution in [2.24, 2.45) is 11.3 Å². The molecule has 0 saturated heterocycles. The van der Waals surface area contributed by atoms with Crippen LogP contribution in [-0.4, -0.2) is 20.5 Å². The Morgan fingerprint density at radius 2 is 1.39 bits per heavy atom. The van der Waals surface area contributed by atoms with Gasteiger partial charge in [-0.3, -0.25) is 4.79 Å². The summed E-state index contributed by atoms with van der Waals surface area (Å²) >= 11 is 5.90. The first-order chi connectivity index (χ1) is 17.3. The lowest BCUT2D eigenvalue weighted by Crippen LogP contribution is -2.30. The standard InChI is InChI=1S/C31H50ClN3O/c1-26(30(31(2,3)4)35-25-33-24-34-35)17-15-13-11-9-7-5-6-8-10-12-14-16-18-29(36)23-27-19-21-28(32)22-20-27/h19-22,24-26,30H,5-18,23H2,1-4H3. The van der Waals surface area contributed by atoms with Crippen LogP contribution in [0.4, 0.5) is 0 Å². The van der Waals surface area contributed by atoms with Gasteiger partial charge in [-0.05, 0) is 41.9 Å². The zero-order valence-corrected chi connectivity index (χ0v) is 24.1. The van der Waals surface area contributed by atoms with E-state index in [9.17, 15) is 4.79 Å². The van der Waals surface area contributed by atoms with E-state index in [2.05, 4.69) is 42.5 Å². The minimum atomic E-state index is 0.183. The van der Waals surface area contributed by atoms with Crippen molar-refractivity contribution in [1.29, 1.82) is 0 Å². The molecule has 0 aliphatic heterocycles. The monoisotopic (exact) mass is 515 g/mol. The number of rotatable bonds is 19. The molecule has 2 rings (SSSR count). The molecule has 0 radical (unpaired) electrons. The summed E-state index contributed by atoms with van der Waals surface area (Å²) in [6, 6.07) is 8.01. The molecule has 1 aromatic heterocycles. The molecule has 4 nitrogen and oxygen atoms in total. The third-order valence-corrected chi connectivity index (χ3v) is 7.58. The molecule has 0 bridgehead atoms. The van der Waals surface area contributed by atoms with Gasteiger partial charge in [0.15, 0.2) is 0 Å². The summed E-state index contributed by atoms with van der Waals surface area (Å²) in [6.45, 7) is 9.29. The Bertz CT molecular complexity index is 827. The molecule has 2 unspecified atom stereocenters. The first-order valence-electron chi connectivity index (χ1n) is 14.4. The van der Waals surface area contributed by atoms with E-state index in [0.29, 0.717) is 30.6 Å². The van der Waals surface area contributed by atoms with Crippen LogP contribution < -0.4 is 0 Å². The Labute approximate surface area is 225 Å². The zero-order chi connectivity index (χ0) is 26.2. The molecule has 2 aromatic rings. The molecule has 5 heteroatoms. The van der Waals surface area contributed by atoms with Gasteiger partial charge < -0.3 is 0 Å². The van der Waals surface area contributed by atoms with E-state index in [1.807, 2.05) is 30.6 Å². The average Bonchev–Trinajstić information content (AvgIpc) is 3.34. The second kappa shape index (κ2) is 16.9. The summed E-state index contributed by atoms with van der Waals surface area (Å²) in [6.07, 6.45) is 21.6. The number of carbonyl (C=O) groups is 1. The summed E-state index contributed by atoms with van der Waals surface area (Å²) in [5.41, 5.74) is 1.25. The van der Waals surface area contributed by atoms with Gasteiger partial charge in [0.05, 0.1) is 6.04 Å². The van der Waals surface area contributed by atoms with Crippen LogP contribution in [0.25, 0.3) is 0 Å². The zero-order valence-electron chi connectivity index (χ0n) is 23.4. The lowest BCUT2D eigenvalue weighted by atomic mass is 9.78. The fourth-order valence-electron chi connectivity index (χ4n) is 5.50. The molecule has 0 aliphatic rings. The lowest BCUT2D eigenvalue weighted by Gasteiger charge is -2.35. The third kappa shape index (κ3) is 12.5. The maximum absolute atomic E-state index is 12.1. The predicted molar refractivity (Wildman–Crippen MR) is 152 cm³/mol. The van der Waals surface area contributed by atoms with Crippen molar-refractivity contribution in [1.82, 2.24) is 14.8 Å². The van der Waals surface area contributed by atoms with Crippen LogP contribution in [0.15, 0.2) is 36.9 Å². The summed E-state index contributed by atoms with van der Waals surface area (Å²) in [7, 11) is 0. The Morgan fingerprint density at radius 1 is 0.861 bits per heavy atom. The van der Waals surface area contributed by atoms with Gasteiger partial charge in [-0.2, -0.15) is 5.10 Å². The van der Waals surface area contributed by atoms with Crippen LogP contribution in [0.1, 0.15) is 129 Å². The number of halogens is 1. The number of aromatic nitrogens is 3. The van der Waals surface area contributed by atoms with E-state index in [-0.39, 0.29) is 5.41 Å².